The van der Waals surface area contributed by atoms with Gasteiger partial charge in [0, 0.05) is 22.4 Å². The molecule has 1 aliphatic carbocycles. The van der Waals surface area contributed by atoms with Crippen LogP contribution in [0.15, 0.2) is 206 Å². The van der Waals surface area contributed by atoms with E-state index in [2.05, 4.69) is 150 Å². The van der Waals surface area contributed by atoms with Crippen molar-refractivity contribution in [1.29, 1.82) is 0 Å². The van der Waals surface area contributed by atoms with Gasteiger partial charge in [-0.1, -0.05) is 182 Å². The molecular weight excluding hydrogens is 681 g/mol. The van der Waals surface area contributed by atoms with Crippen molar-refractivity contribution in [3.05, 3.63) is 229 Å². The van der Waals surface area contributed by atoms with Crippen molar-refractivity contribution in [2.45, 2.75) is 5.41 Å². The van der Waals surface area contributed by atoms with Gasteiger partial charge in [-0.15, -0.1) is 0 Å². The fourth-order valence-electron chi connectivity index (χ4n) is 8.89. The Morgan fingerprint density at radius 1 is 0.304 bits per heavy atom. The summed E-state index contributed by atoms with van der Waals surface area (Å²) in [6.45, 7) is 0. The average molecular weight is 715 g/mol. The van der Waals surface area contributed by atoms with Gasteiger partial charge in [0.25, 0.3) is 0 Å². The second kappa shape index (κ2) is 12.9. The number of hydrogen-bond donors (Lipinski definition) is 0. The van der Waals surface area contributed by atoms with Crippen molar-refractivity contribution in [2.75, 3.05) is 4.90 Å². The Hall–Kier alpha value is -7.43. The Labute approximate surface area is 326 Å². The number of hydrogen-bond acceptors (Lipinski definition) is 4. The van der Waals surface area contributed by atoms with Crippen LogP contribution >= 0.6 is 0 Å². The first-order valence-corrected chi connectivity index (χ1v) is 19.0. The Morgan fingerprint density at radius 3 is 1.29 bits per heavy atom. The Morgan fingerprint density at radius 2 is 0.714 bits per heavy atom. The summed E-state index contributed by atoms with van der Waals surface area (Å²) < 4.78 is 0. The molecular formula is C52H34N4. The number of para-hydroxylation sites is 2. The third-order valence-electron chi connectivity index (χ3n) is 11.3. The van der Waals surface area contributed by atoms with Gasteiger partial charge in [-0.05, 0) is 68.8 Å². The molecule has 0 fully saturated rings. The van der Waals surface area contributed by atoms with E-state index in [9.17, 15) is 0 Å². The zero-order valence-electron chi connectivity index (χ0n) is 30.4. The van der Waals surface area contributed by atoms with Crippen LogP contribution in [-0.4, -0.2) is 15.0 Å². The molecule has 0 amide bonds. The van der Waals surface area contributed by atoms with E-state index >= 15 is 0 Å². The van der Waals surface area contributed by atoms with Crippen LogP contribution in [0.25, 0.3) is 56.4 Å². The summed E-state index contributed by atoms with van der Waals surface area (Å²) in [5, 5.41) is 0. The van der Waals surface area contributed by atoms with Crippen molar-refractivity contribution in [1.82, 2.24) is 15.0 Å². The van der Waals surface area contributed by atoms with Crippen LogP contribution in [-0.2, 0) is 5.41 Å². The zero-order chi connectivity index (χ0) is 37.1. The highest BCUT2D eigenvalue weighted by Gasteiger charge is 2.51. The van der Waals surface area contributed by atoms with E-state index in [1.54, 1.807) is 0 Å². The van der Waals surface area contributed by atoms with E-state index in [-0.39, 0.29) is 0 Å². The maximum atomic E-state index is 4.97. The van der Waals surface area contributed by atoms with Crippen LogP contribution in [0.2, 0.25) is 0 Å². The number of rotatable bonds is 5. The van der Waals surface area contributed by atoms with E-state index in [0.717, 1.165) is 33.5 Å². The van der Waals surface area contributed by atoms with E-state index in [0.29, 0.717) is 17.5 Å². The van der Waals surface area contributed by atoms with Gasteiger partial charge in [-0.3, -0.25) is 0 Å². The van der Waals surface area contributed by atoms with Crippen LogP contribution < -0.4 is 4.90 Å². The van der Waals surface area contributed by atoms with E-state index < -0.39 is 5.41 Å². The lowest BCUT2D eigenvalue weighted by Gasteiger charge is -2.45. The predicted molar refractivity (Wildman–Crippen MR) is 227 cm³/mol. The molecule has 0 atom stereocenters. The molecule has 56 heavy (non-hydrogen) atoms. The highest BCUT2D eigenvalue weighted by molar-refractivity contribution is 5.96. The zero-order valence-corrected chi connectivity index (χ0v) is 30.4. The Bertz CT molecular complexity index is 2800. The Kier molecular flexibility index (Phi) is 7.36. The molecule has 0 saturated heterocycles. The first-order chi connectivity index (χ1) is 27.8. The van der Waals surface area contributed by atoms with Crippen LogP contribution in [0.1, 0.15) is 22.3 Å². The summed E-state index contributed by atoms with van der Waals surface area (Å²) in [7, 11) is 0. The molecule has 11 rings (SSSR count). The van der Waals surface area contributed by atoms with Gasteiger partial charge >= 0.3 is 0 Å². The molecule has 9 aromatic rings. The summed E-state index contributed by atoms with van der Waals surface area (Å²) in [5.74, 6) is 1.94. The number of anilines is 3. The second-order valence-corrected chi connectivity index (χ2v) is 14.4. The Balaban J connectivity index is 1.08. The quantitative estimate of drug-likeness (QED) is 0.178. The molecule has 1 spiro atoms. The fourth-order valence-corrected chi connectivity index (χ4v) is 8.89. The smallest absolute Gasteiger partial charge is 0.164 e. The molecule has 1 aromatic heterocycles. The monoisotopic (exact) mass is 714 g/mol. The van der Waals surface area contributed by atoms with Gasteiger partial charge < -0.3 is 4.90 Å². The fraction of sp³-hybridized carbons (Fsp3) is 0.0192. The van der Waals surface area contributed by atoms with Gasteiger partial charge in [0.15, 0.2) is 17.5 Å². The lowest BCUT2D eigenvalue weighted by Crippen LogP contribution is -2.36. The summed E-state index contributed by atoms with van der Waals surface area (Å²) >= 11 is 0. The van der Waals surface area contributed by atoms with Gasteiger partial charge in [0.05, 0.1) is 16.8 Å². The normalized spacial score (nSPS) is 13.1. The maximum absolute atomic E-state index is 4.97. The minimum absolute atomic E-state index is 0.474. The number of benzene rings is 8. The third kappa shape index (κ3) is 4.89. The van der Waals surface area contributed by atoms with Crippen molar-refractivity contribution in [3.8, 4) is 56.4 Å². The maximum Gasteiger partial charge on any atom is 0.164 e. The van der Waals surface area contributed by atoms with Gasteiger partial charge in [0.1, 0.15) is 0 Å². The summed E-state index contributed by atoms with van der Waals surface area (Å²) in [4.78, 5) is 17.3. The van der Waals surface area contributed by atoms with Crippen LogP contribution in [0.3, 0.4) is 0 Å². The van der Waals surface area contributed by atoms with Crippen molar-refractivity contribution in [3.63, 3.8) is 0 Å². The van der Waals surface area contributed by atoms with E-state index in [1.807, 2.05) is 60.7 Å². The van der Waals surface area contributed by atoms with Crippen LogP contribution in [0.4, 0.5) is 17.1 Å². The molecule has 2 aliphatic rings. The molecule has 4 nitrogen and oxygen atoms in total. The topological polar surface area (TPSA) is 41.9 Å². The largest absolute Gasteiger partial charge is 0.310 e. The van der Waals surface area contributed by atoms with Crippen molar-refractivity contribution in [2.24, 2.45) is 0 Å². The summed E-state index contributed by atoms with van der Waals surface area (Å²) in [6.07, 6.45) is 0. The third-order valence-corrected chi connectivity index (χ3v) is 11.3. The molecule has 4 heteroatoms. The van der Waals surface area contributed by atoms with Gasteiger partial charge in [-0.2, -0.15) is 0 Å². The van der Waals surface area contributed by atoms with Crippen LogP contribution in [0, 0.1) is 0 Å². The predicted octanol–water partition coefficient (Wildman–Crippen LogP) is 12.7. The summed E-state index contributed by atoms with van der Waals surface area (Å²) in [5.41, 5.74) is 15.9. The second-order valence-electron chi connectivity index (χ2n) is 14.4. The number of nitrogens with zero attached hydrogens (tertiary/aromatic N) is 4. The number of fused-ring (bicyclic) bond motifs is 9. The van der Waals surface area contributed by atoms with E-state index in [4.69, 9.17) is 15.0 Å². The standard InChI is InChI=1S/C52H34N4/c1-4-16-36(17-5-1)49-53-50(37-18-6-2-7-19-37)55-51(54-49)38-30-28-35(29-31-38)39-32-33-46-48(34-39)56(40-20-8-3-9-21-40)47-27-15-14-26-45(47)52(46)43-24-12-10-22-41(43)42-23-11-13-25-44(42)52/h1-34H. The lowest BCUT2D eigenvalue weighted by molar-refractivity contribution is 0.753. The molecule has 0 saturated carbocycles. The van der Waals surface area contributed by atoms with Gasteiger partial charge in [-0.25, -0.2) is 15.0 Å². The minimum atomic E-state index is -0.474. The molecule has 0 unspecified atom stereocenters. The van der Waals surface area contributed by atoms with Crippen molar-refractivity contribution < 1.29 is 0 Å². The van der Waals surface area contributed by atoms with E-state index in [1.165, 1.54) is 44.8 Å². The molecule has 8 aromatic carbocycles. The molecule has 1 aliphatic heterocycles. The molecule has 0 radical (unpaired) electrons. The molecule has 262 valence electrons. The average Bonchev–Trinajstić information content (AvgIpc) is 3.58. The highest BCUT2D eigenvalue weighted by atomic mass is 15.2. The number of aromatic nitrogens is 3. The summed E-state index contributed by atoms with van der Waals surface area (Å²) in [6, 6.07) is 73.5. The lowest BCUT2D eigenvalue weighted by atomic mass is 9.64. The first-order valence-electron chi connectivity index (χ1n) is 19.0. The molecule has 0 N–H and O–H groups in total. The highest BCUT2D eigenvalue weighted by Crippen LogP contribution is 2.63. The van der Waals surface area contributed by atoms with Crippen molar-refractivity contribution >= 4 is 17.1 Å². The molecule has 0 bridgehead atoms. The van der Waals surface area contributed by atoms with Crippen LogP contribution in [0.5, 0.6) is 0 Å². The van der Waals surface area contributed by atoms with Gasteiger partial charge in [0.2, 0.25) is 0 Å². The SMILES string of the molecule is c1ccc(-c2nc(-c3ccccc3)nc(-c3ccc(-c4ccc5c(c4)N(c4ccccc4)c4ccccc4C54c5ccccc5-c5ccccc54)cc3)n2)cc1. The molecule has 2 heterocycles. The minimum Gasteiger partial charge on any atom is -0.310 e. The first kappa shape index (κ1) is 32.0.